The summed E-state index contributed by atoms with van der Waals surface area (Å²) < 4.78 is 5.59. The van der Waals surface area contributed by atoms with Gasteiger partial charge in [0.2, 0.25) is 0 Å². The Kier molecular flexibility index (Phi) is 7.39. The van der Waals surface area contributed by atoms with Crippen LogP contribution in [0.1, 0.15) is 45.2 Å². The maximum atomic E-state index is 5.59. The molecule has 1 heterocycles. The van der Waals surface area contributed by atoms with Gasteiger partial charge in [-0.1, -0.05) is 26.7 Å². The van der Waals surface area contributed by atoms with E-state index in [2.05, 4.69) is 30.2 Å². The molecule has 0 saturated carbocycles. The van der Waals surface area contributed by atoms with Gasteiger partial charge in [-0.3, -0.25) is 4.98 Å². The highest BCUT2D eigenvalue weighted by molar-refractivity contribution is 5.42. The summed E-state index contributed by atoms with van der Waals surface area (Å²) in [5.74, 6) is 0. The Hall–Kier alpha value is -1.09. The summed E-state index contributed by atoms with van der Waals surface area (Å²) in [4.78, 5) is 4.30. The quantitative estimate of drug-likeness (QED) is 0.665. The fraction of sp³-hybridized carbons (Fsp3) is 0.643. The monoisotopic (exact) mass is 236 g/mol. The number of pyridine rings is 1. The number of nitrogens with one attached hydrogen (secondary N) is 1. The zero-order valence-corrected chi connectivity index (χ0v) is 11.0. The van der Waals surface area contributed by atoms with Gasteiger partial charge in [0.25, 0.3) is 0 Å². The molecule has 0 atom stereocenters. The largest absolute Gasteiger partial charge is 0.385 e. The van der Waals surface area contributed by atoms with Crippen LogP contribution in [-0.2, 0) is 11.3 Å². The average molecular weight is 236 g/mol. The van der Waals surface area contributed by atoms with E-state index in [4.69, 9.17) is 4.74 Å². The van der Waals surface area contributed by atoms with E-state index < -0.39 is 0 Å². The summed E-state index contributed by atoms with van der Waals surface area (Å²) in [6.07, 6.45) is 6.59. The smallest absolute Gasteiger partial charge is 0.0888 e. The number of hydrogen-bond donors (Lipinski definition) is 1. The van der Waals surface area contributed by atoms with Gasteiger partial charge in [0, 0.05) is 25.0 Å². The molecule has 0 aliphatic rings. The number of anilines is 1. The molecular weight excluding hydrogens is 212 g/mol. The standard InChI is InChI=1S/C14H24N2O/c1-3-5-6-10-17-12-14-11-13(7-9-16-14)15-8-4-2/h7,9,11H,3-6,8,10,12H2,1-2H3,(H,15,16). The first-order valence-electron chi connectivity index (χ1n) is 6.63. The Bertz CT molecular complexity index is 302. The lowest BCUT2D eigenvalue weighted by molar-refractivity contribution is 0.114. The molecule has 0 unspecified atom stereocenters. The summed E-state index contributed by atoms with van der Waals surface area (Å²) in [6, 6.07) is 4.06. The third-order valence-electron chi connectivity index (χ3n) is 2.54. The van der Waals surface area contributed by atoms with E-state index in [-0.39, 0.29) is 0 Å². The van der Waals surface area contributed by atoms with Crippen LogP contribution in [0.2, 0.25) is 0 Å². The van der Waals surface area contributed by atoms with Crippen LogP contribution in [0.25, 0.3) is 0 Å². The predicted molar refractivity (Wildman–Crippen MR) is 72.2 cm³/mol. The fourth-order valence-corrected chi connectivity index (χ4v) is 1.57. The summed E-state index contributed by atoms with van der Waals surface area (Å²) in [6.45, 7) is 6.81. The minimum absolute atomic E-state index is 0.616. The molecule has 3 nitrogen and oxygen atoms in total. The van der Waals surface area contributed by atoms with Crippen molar-refractivity contribution in [3.05, 3.63) is 24.0 Å². The molecule has 1 N–H and O–H groups in total. The van der Waals surface area contributed by atoms with Crippen molar-refractivity contribution < 1.29 is 4.74 Å². The number of ether oxygens (including phenoxy) is 1. The molecule has 0 aliphatic carbocycles. The summed E-state index contributed by atoms with van der Waals surface area (Å²) in [5.41, 5.74) is 2.14. The summed E-state index contributed by atoms with van der Waals surface area (Å²) in [5, 5.41) is 3.35. The van der Waals surface area contributed by atoms with Gasteiger partial charge in [0.15, 0.2) is 0 Å². The van der Waals surface area contributed by atoms with Gasteiger partial charge in [0.1, 0.15) is 0 Å². The lowest BCUT2D eigenvalue weighted by Gasteiger charge is -2.07. The van der Waals surface area contributed by atoms with Crippen molar-refractivity contribution in [1.82, 2.24) is 4.98 Å². The van der Waals surface area contributed by atoms with Crippen molar-refractivity contribution in [3.63, 3.8) is 0 Å². The molecule has 0 radical (unpaired) electrons. The Morgan fingerprint density at radius 1 is 1.24 bits per heavy atom. The number of hydrogen-bond acceptors (Lipinski definition) is 3. The molecule has 3 heteroatoms. The molecule has 1 aromatic heterocycles. The molecule has 0 aromatic carbocycles. The van der Waals surface area contributed by atoms with Gasteiger partial charge in [-0.05, 0) is 25.0 Å². The van der Waals surface area contributed by atoms with Gasteiger partial charge >= 0.3 is 0 Å². The Balaban J connectivity index is 2.27. The van der Waals surface area contributed by atoms with Crippen molar-refractivity contribution in [2.45, 2.75) is 46.1 Å². The van der Waals surface area contributed by atoms with Gasteiger partial charge in [-0.25, -0.2) is 0 Å². The average Bonchev–Trinajstić information content (AvgIpc) is 2.37. The Morgan fingerprint density at radius 3 is 2.88 bits per heavy atom. The molecular formula is C14H24N2O. The zero-order valence-electron chi connectivity index (χ0n) is 11.0. The Morgan fingerprint density at radius 2 is 2.12 bits per heavy atom. The first kappa shape index (κ1) is 14.0. The molecule has 0 amide bonds. The Labute approximate surface area is 105 Å². The highest BCUT2D eigenvalue weighted by atomic mass is 16.5. The van der Waals surface area contributed by atoms with Crippen molar-refractivity contribution in [2.75, 3.05) is 18.5 Å². The lowest BCUT2D eigenvalue weighted by atomic mass is 10.3. The van der Waals surface area contributed by atoms with Crippen LogP contribution in [0.3, 0.4) is 0 Å². The second-order valence-electron chi connectivity index (χ2n) is 4.22. The first-order valence-corrected chi connectivity index (χ1v) is 6.63. The van der Waals surface area contributed by atoms with Crippen molar-refractivity contribution >= 4 is 5.69 Å². The fourth-order valence-electron chi connectivity index (χ4n) is 1.57. The van der Waals surface area contributed by atoms with E-state index in [0.29, 0.717) is 6.61 Å². The van der Waals surface area contributed by atoms with Crippen LogP contribution in [0.15, 0.2) is 18.3 Å². The molecule has 0 saturated heterocycles. The number of unbranched alkanes of at least 4 members (excludes halogenated alkanes) is 2. The third-order valence-corrected chi connectivity index (χ3v) is 2.54. The molecule has 1 aromatic rings. The lowest BCUT2D eigenvalue weighted by Crippen LogP contribution is -2.02. The van der Waals surface area contributed by atoms with Crippen LogP contribution in [0.5, 0.6) is 0 Å². The topological polar surface area (TPSA) is 34.1 Å². The van der Waals surface area contributed by atoms with Gasteiger partial charge in [0.05, 0.1) is 12.3 Å². The third kappa shape index (κ3) is 6.27. The van der Waals surface area contributed by atoms with Crippen LogP contribution in [0.4, 0.5) is 5.69 Å². The number of rotatable bonds is 9. The SMILES string of the molecule is CCCCCOCc1cc(NCCC)ccn1. The molecule has 17 heavy (non-hydrogen) atoms. The van der Waals surface area contributed by atoms with Crippen LogP contribution in [-0.4, -0.2) is 18.1 Å². The van der Waals surface area contributed by atoms with Crippen LogP contribution >= 0.6 is 0 Å². The first-order chi connectivity index (χ1) is 8.36. The zero-order chi connectivity index (χ0) is 12.3. The van der Waals surface area contributed by atoms with Crippen LogP contribution < -0.4 is 5.32 Å². The van der Waals surface area contributed by atoms with E-state index >= 15 is 0 Å². The number of nitrogens with zero attached hydrogens (tertiary/aromatic N) is 1. The van der Waals surface area contributed by atoms with Gasteiger partial charge in [-0.2, -0.15) is 0 Å². The predicted octanol–water partition coefficient (Wildman–Crippen LogP) is 3.61. The molecule has 1 rings (SSSR count). The molecule has 0 bridgehead atoms. The minimum atomic E-state index is 0.616. The van der Waals surface area contributed by atoms with E-state index in [1.54, 1.807) is 0 Å². The molecule has 0 spiro atoms. The van der Waals surface area contributed by atoms with Gasteiger partial charge in [-0.15, -0.1) is 0 Å². The second-order valence-corrected chi connectivity index (χ2v) is 4.22. The highest BCUT2D eigenvalue weighted by Crippen LogP contribution is 2.09. The molecule has 0 fully saturated rings. The van der Waals surface area contributed by atoms with Crippen molar-refractivity contribution in [1.29, 1.82) is 0 Å². The normalized spacial score (nSPS) is 10.5. The maximum absolute atomic E-state index is 5.59. The van der Waals surface area contributed by atoms with E-state index in [1.165, 1.54) is 12.8 Å². The van der Waals surface area contributed by atoms with Crippen molar-refractivity contribution in [2.24, 2.45) is 0 Å². The summed E-state index contributed by atoms with van der Waals surface area (Å²) >= 11 is 0. The van der Waals surface area contributed by atoms with Gasteiger partial charge < -0.3 is 10.1 Å². The van der Waals surface area contributed by atoms with E-state index in [0.717, 1.165) is 37.4 Å². The van der Waals surface area contributed by atoms with Crippen molar-refractivity contribution in [3.8, 4) is 0 Å². The van der Waals surface area contributed by atoms with Crippen LogP contribution in [0, 0.1) is 0 Å². The second kappa shape index (κ2) is 8.99. The van der Waals surface area contributed by atoms with E-state index in [1.807, 2.05) is 12.3 Å². The number of aromatic nitrogens is 1. The van der Waals surface area contributed by atoms with E-state index in [9.17, 15) is 0 Å². The minimum Gasteiger partial charge on any atom is -0.385 e. The molecule has 96 valence electrons. The maximum Gasteiger partial charge on any atom is 0.0888 e. The highest BCUT2D eigenvalue weighted by Gasteiger charge is 1.97. The summed E-state index contributed by atoms with van der Waals surface area (Å²) in [7, 11) is 0. The molecule has 0 aliphatic heterocycles.